The number of amides is 1. The first kappa shape index (κ1) is 23.4. The molecule has 2 aromatic heterocycles. The highest BCUT2D eigenvalue weighted by atomic mass is 32.1. The average Bonchev–Trinajstić information content (AvgIpc) is 3.30. The SMILES string of the molecule is COc1ccc(Cn2cc(-c3nc(NC(=O)OC(C)(C)C)sc3CCO)c(C=O)n2)cc1. The van der Waals surface area contributed by atoms with Gasteiger partial charge in [-0.1, -0.05) is 12.1 Å². The number of nitrogens with one attached hydrogen (secondary N) is 1. The van der Waals surface area contributed by atoms with Crippen LogP contribution in [0.5, 0.6) is 5.75 Å². The molecule has 3 aromatic rings. The first-order valence-corrected chi connectivity index (χ1v) is 10.8. The first-order chi connectivity index (χ1) is 15.2. The summed E-state index contributed by atoms with van der Waals surface area (Å²) in [5, 5.41) is 16.8. The summed E-state index contributed by atoms with van der Waals surface area (Å²) >= 11 is 1.22. The molecule has 1 aromatic carbocycles. The largest absolute Gasteiger partial charge is 0.497 e. The molecular formula is C22H26N4O5S. The summed E-state index contributed by atoms with van der Waals surface area (Å²) in [5.41, 5.74) is 1.60. The van der Waals surface area contributed by atoms with Crippen LogP contribution in [0.4, 0.5) is 9.93 Å². The molecule has 32 heavy (non-hydrogen) atoms. The van der Waals surface area contributed by atoms with E-state index >= 15 is 0 Å². The molecule has 1 amide bonds. The van der Waals surface area contributed by atoms with Gasteiger partial charge in [-0.2, -0.15) is 5.10 Å². The molecule has 0 unspecified atom stereocenters. The Morgan fingerprint density at radius 3 is 2.59 bits per heavy atom. The Labute approximate surface area is 190 Å². The predicted octanol–water partition coefficient (Wildman–Crippen LogP) is 3.76. The number of hydrogen-bond acceptors (Lipinski definition) is 8. The van der Waals surface area contributed by atoms with E-state index in [2.05, 4.69) is 15.4 Å². The molecule has 0 bridgehead atoms. The Balaban J connectivity index is 1.89. The van der Waals surface area contributed by atoms with Gasteiger partial charge >= 0.3 is 6.09 Å². The summed E-state index contributed by atoms with van der Waals surface area (Å²) in [6.45, 7) is 5.66. The lowest BCUT2D eigenvalue weighted by molar-refractivity contribution is 0.0635. The van der Waals surface area contributed by atoms with Crippen molar-refractivity contribution in [2.24, 2.45) is 0 Å². The molecule has 0 aliphatic rings. The molecule has 0 spiro atoms. The molecular weight excluding hydrogens is 432 g/mol. The highest BCUT2D eigenvalue weighted by molar-refractivity contribution is 7.16. The van der Waals surface area contributed by atoms with Gasteiger partial charge in [0.15, 0.2) is 11.4 Å². The third-order valence-electron chi connectivity index (χ3n) is 4.30. The van der Waals surface area contributed by atoms with Crippen LogP contribution in [-0.2, 0) is 17.7 Å². The second-order valence-electron chi connectivity index (χ2n) is 7.98. The van der Waals surface area contributed by atoms with Gasteiger partial charge in [0, 0.05) is 24.1 Å². The van der Waals surface area contributed by atoms with Crippen molar-refractivity contribution >= 4 is 28.8 Å². The van der Waals surface area contributed by atoms with Gasteiger partial charge in [0.05, 0.1) is 24.9 Å². The van der Waals surface area contributed by atoms with Gasteiger partial charge in [0.2, 0.25) is 0 Å². The monoisotopic (exact) mass is 458 g/mol. The highest BCUT2D eigenvalue weighted by Gasteiger charge is 2.22. The molecule has 10 heteroatoms. The summed E-state index contributed by atoms with van der Waals surface area (Å²) in [6, 6.07) is 7.55. The fourth-order valence-corrected chi connectivity index (χ4v) is 3.93. The zero-order valence-electron chi connectivity index (χ0n) is 18.4. The molecule has 0 radical (unpaired) electrons. The molecule has 0 aliphatic heterocycles. The van der Waals surface area contributed by atoms with Gasteiger partial charge < -0.3 is 14.6 Å². The van der Waals surface area contributed by atoms with Gasteiger partial charge in [0.25, 0.3) is 0 Å². The van der Waals surface area contributed by atoms with Crippen molar-refractivity contribution in [1.82, 2.24) is 14.8 Å². The van der Waals surface area contributed by atoms with Crippen LogP contribution in [0, 0.1) is 0 Å². The standard InChI is InChI=1S/C22H26N4O5S/c1-22(2,3)31-21(29)24-20-23-19(18(32-20)9-10-27)16-12-26(25-17(16)13-28)11-14-5-7-15(30-4)8-6-14/h5-8,12-13,27H,9-11H2,1-4H3,(H,23,24,29). The van der Waals surface area contributed by atoms with Crippen LogP contribution in [0.15, 0.2) is 30.5 Å². The van der Waals surface area contributed by atoms with Crippen LogP contribution < -0.4 is 10.1 Å². The van der Waals surface area contributed by atoms with Crippen molar-refractivity contribution in [2.75, 3.05) is 19.0 Å². The number of aliphatic hydroxyl groups excluding tert-OH is 1. The molecule has 0 saturated carbocycles. The van der Waals surface area contributed by atoms with Crippen molar-refractivity contribution in [3.63, 3.8) is 0 Å². The zero-order valence-corrected chi connectivity index (χ0v) is 19.2. The van der Waals surface area contributed by atoms with E-state index in [1.807, 2.05) is 24.3 Å². The van der Waals surface area contributed by atoms with Crippen LogP contribution in [0.1, 0.15) is 41.7 Å². The predicted molar refractivity (Wildman–Crippen MR) is 121 cm³/mol. The summed E-state index contributed by atoms with van der Waals surface area (Å²) < 4.78 is 12.1. The number of aromatic nitrogens is 3. The van der Waals surface area contributed by atoms with E-state index in [0.29, 0.717) is 35.6 Å². The molecule has 9 nitrogen and oxygen atoms in total. The van der Waals surface area contributed by atoms with E-state index in [0.717, 1.165) is 16.2 Å². The van der Waals surface area contributed by atoms with Crippen LogP contribution in [-0.4, -0.2) is 51.6 Å². The number of ether oxygens (including phenoxy) is 2. The van der Waals surface area contributed by atoms with Crippen molar-refractivity contribution in [3.05, 3.63) is 46.6 Å². The number of thiazole rings is 1. The second-order valence-corrected chi connectivity index (χ2v) is 9.07. The Bertz CT molecular complexity index is 1080. The van der Waals surface area contributed by atoms with E-state index in [4.69, 9.17) is 9.47 Å². The maximum absolute atomic E-state index is 12.1. The highest BCUT2D eigenvalue weighted by Crippen LogP contribution is 2.33. The van der Waals surface area contributed by atoms with Gasteiger partial charge in [-0.15, -0.1) is 11.3 Å². The Kier molecular flexibility index (Phi) is 7.26. The van der Waals surface area contributed by atoms with E-state index < -0.39 is 11.7 Å². The molecule has 2 heterocycles. The second kappa shape index (κ2) is 9.92. The van der Waals surface area contributed by atoms with E-state index in [-0.39, 0.29) is 12.3 Å². The zero-order chi connectivity index (χ0) is 23.3. The number of benzene rings is 1. The van der Waals surface area contributed by atoms with Gasteiger partial charge in [0.1, 0.15) is 17.0 Å². The van der Waals surface area contributed by atoms with E-state index in [1.54, 1.807) is 38.8 Å². The molecule has 0 fully saturated rings. The smallest absolute Gasteiger partial charge is 0.413 e. The molecule has 170 valence electrons. The number of carbonyl (C=O) groups is 2. The molecule has 3 rings (SSSR count). The van der Waals surface area contributed by atoms with Crippen LogP contribution >= 0.6 is 11.3 Å². The van der Waals surface area contributed by atoms with Gasteiger partial charge in [-0.25, -0.2) is 9.78 Å². The lowest BCUT2D eigenvalue weighted by atomic mass is 10.1. The number of aliphatic hydroxyl groups is 1. The Morgan fingerprint density at radius 1 is 1.28 bits per heavy atom. The summed E-state index contributed by atoms with van der Waals surface area (Å²) in [4.78, 5) is 29.0. The van der Waals surface area contributed by atoms with Crippen molar-refractivity contribution in [1.29, 1.82) is 0 Å². The summed E-state index contributed by atoms with van der Waals surface area (Å²) in [5.74, 6) is 0.754. The van der Waals surface area contributed by atoms with Crippen LogP contribution in [0.2, 0.25) is 0 Å². The maximum atomic E-state index is 12.1. The number of rotatable bonds is 8. The van der Waals surface area contributed by atoms with E-state index in [1.165, 1.54) is 11.3 Å². The minimum Gasteiger partial charge on any atom is -0.497 e. The van der Waals surface area contributed by atoms with Crippen molar-refractivity contribution in [2.45, 2.75) is 39.3 Å². The number of hydrogen-bond donors (Lipinski definition) is 2. The topological polar surface area (TPSA) is 116 Å². The van der Waals surface area contributed by atoms with E-state index in [9.17, 15) is 14.7 Å². The number of carbonyl (C=O) groups excluding carboxylic acids is 2. The maximum Gasteiger partial charge on any atom is 0.413 e. The summed E-state index contributed by atoms with van der Waals surface area (Å²) in [6.07, 6.45) is 2.11. The molecule has 0 saturated heterocycles. The minimum atomic E-state index is -0.647. The van der Waals surface area contributed by atoms with Gasteiger partial charge in [-0.3, -0.25) is 14.8 Å². The Morgan fingerprint density at radius 2 is 2.00 bits per heavy atom. The fourth-order valence-electron chi connectivity index (χ4n) is 2.98. The lowest BCUT2D eigenvalue weighted by Crippen LogP contribution is -2.27. The van der Waals surface area contributed by atoms with Crippen LogP contribution in [0.3, 0.4) is 0 Å². The molecule has 0 atom stereocenters. The third-order valence-corrected chi connectivity index (χ3v) is 5.34. The normalized spacial score (nSPS) is 11.3. The number of anilines is 1. The molecule has 2 N–H and O–H groups in total. The Hall–Kier alpha value is -3.24. The number of methoxy groups -OCH3 is 1. The fraction of sp³-hybridized carbons (Fsp3) is 0.364. The third kappa shape index (κ3) is 5.92. The molecule has 0 aliphatic carbocycles. The van der Waals surface area contributed by atoms with Crippen LogP contribution in [0.25, 0.3) is 11.3 Å². The number of aldehydes is 1. The average molecular weight is 459 g/mol. The number of nitrogens with zero attached hydrogens (tertiary/aromatic N) is 3. The first-order valence-electron chi connectivity index (χ1n) is 9.99. The minimum absolute atomic E-state index is 0.0997. The lowest BCUT2D eigenvalue weighted by Gasteiger charge is -2.18. The van der Waals surface area contributed by atoms with Crippen molar-refractivity contribution < 1.29 is 24.2 Å². The van der Waals surface area contributed by atoms with Crippen molar-refractivity contribution in [3.8, 4) is 17.0 Å². The summed E-state index contributed by atoms with van der Waals surface area (Å²) in [7, 11) is 1.61. The van der Waals surface area contributed by atoms with Gasteiger partial charge in [-0.05, 0) is 38.5 Å². The quantitative estimate of drug-likeness (QED) is 0.494.